The predicted molar refractivity (Wildman–Crippen MR) is 185 cm³/mol. The molecule has 0 radical (unpaired) electrons. The van der Waals surface area contributed by atoms with Crippen molar-refractivity contribution in [2.45, 2.75) is 130 Å². The van der Waals surface area contributed by atoms with Gasteiger partial charge >= 0.3 is 18.0 Å². The topological polar surface area (TPSA) is 140 Å². The largest absolute Gasteiger partial charge is 0.444 e. The zero-order chi connectivity index (χ0) is 36.8. The number of benzene rings is 1. The molecular formula is C38H56FN3O8. The summed E-state index contributed by atoms with van der Waals surface area (Å²) in [5.41, 5.74) is -1.57. The summed E-state index contributed by atoms with van der Waals surface area (Å²) in [6.07, 6.45) is 8.57. The molecule has 1 saturated heterocycles. The van der Waals surface area contributed by atoms with Crippen molar-refractivity contribution in [2.75, 3.05) is 18.7 Å². The Morgan fingerprint density at radius 3 is 2.16 bits per heavy atom. The van der Waals surface area contributed by atoms with Crippen molar-refractivity contribution in [3.63, 3.8) is 0 Å². The Labute approximate surface area is 295 Å². The highest BCUT2D eigenvalue weighted by atomic mass is 19.1. The van der Waals surface area contributed by atoms with Crippen molar-refractivity contribution >= 4 is 35.5 Å². The highest BCUT2D eigenvalue weighted by Gasteiger charge is 2.47. The van der Waals surface area contributed by atoms with Crippen molar-refractivity contribution in [2.24, 2.45) is 29.1 Å². The molecule has 1 heterocycles. The first-order valence-electron chi connectivity index (χ1n) is 18.2. The van der Waals surface area contributed by atoms with E-state index in [1.807, 2.05) is 27.7 Å². The maximum absolute atomic E-state index is 15.1. The number of carbonyl (C=O) groups excluding carboxylic acids is 5. The van der Waals surface area contributed by atoms with Gasteiger partial charge in [0.2, 0.25) is 18.6 Å². The van der Waals surface area contributed by atoms with Crippen LogP contribution in [0.4, 0.5) is 14.9 Å². The fraction of sp³-hybridized carbons (Fsp3) is 0.711. The number of alkyl carbamates (subject to hydrolysis) is 1. The minimum atomic E-state index is -1.00. The highest BCUT2D eigenvalue weighted by Crippen LogP contribution is 2.41. The number of hydrogen-bond donors (Lipinski definition) is 2. The number of anilines is 1. The number of halogens is 1. The second-order valence-electron chi connectivity index (χ2n) is 16.3. The van der Waals surface area contributed by atoms with Crippen LogP contribution in [0.25, 0.3) is 0 Å². The first-order valence-corrected chi connectivity index (χ1v) is 18.2. The van der Waals surface area contributed by atoms with Crippen LogP contribution in [-0.4, -0.2) is 65.8 Å². The SMILES string of the molecule is CC(NC(=O)OC(C)(C)C)C1CCC(C(=O)N2CC[C@@H](C3CCCCC3)[C@H]2C(=O)Nc2ccc(C(=O)OCOC(=O)C(C)(C)C)c(F)c2)CC1. The third kappa shape index (κ3) is 10.4. The van der Waals surface area contributed by atoms with Crippen LogP contribution < -0.4 is 10.6 Å². The summed E-state index contributed by atoms with van der Waals surface area (Å²) < 4.78 is 30.4. The lowest BCUT2D eigenvalue weighted by molar-refractivity contribution is -0.161. The van der Waals surface area contributed by atoms with E-state index < -0.39 is 47.7 Å². The van der Waals surface area contributed by atoms with Gasteiger partial charge in [-0.3, -0.25) is 14.4 Å². The third-order valence-corrected chi connectivity index (χ3v) is 10.3. The van der Waals surface area contributed by atoms with Crippen LogP contribution >= 0.6 is 0 Å². The van der Waals surface area contributed by atoms with E-state index in [-0.39, 0.29) is 46.9 Å². The Bertz CT molecular complexity index is 1390. The van der Waals surface area contributed by atoms with Crippen molar-refractivity contribution in [1.29, 1.82) is 0 Å². The van der Waals surface area contributed by atoms with Crippen LogP contribution in [0.2, 0.25) is 0 Å². The van der Waals surface area contributed by atoms with E-state index >= 15 is 4.39 Å². The van der Waals surface area contributed by atoms with Crippen LogP contribution in [-0.2, 0) is 28.6 Å². The van der Waals surface area contributed by atoms with Gasteiger partial charge in [-0.15, -0.1) is 0 Å². The molecule has 3 aliphatic rings. The molecule has 1 aromatic carbocycles. The van der Waals surface area contributed by atoms with E-state index in [0.29, 0.717) is 25.3 Å². The number of rotatable bonds is 9. The Kier molecular flexibility index (Phi) is 12.9. The highest BCUT2D eigenvalue weighted by molar-refractivity contribution is 5.99. The van der Waals surface area contributed by atoms with Gasteiger partial charge in [-0.05, 0) is 117 Å². The molecule has 0 aromatic heterocycles. The summed E-state index contributed by atoms with van der Waals surface area (Å²) in [5, 5.41) is 5.78. The number of nitrogens with one attached hydrogen (secondary N) is 2. The molecule has 2 saturated carbocycles. The zero-order valence-corrected chi connectivity index (χ0v) is 30.8. The molecule has 0 bridgehead atoms. The molecule has 1 aliphatic heterocycles. The minimum absolute atomic E-state index is 0.00328. The van der Waals surface area contributed by atoms with Crippen LogP contribution in [0.5, 0.6) is 0 Å². The molecule has 3 fully saturated rings. The molecule has 11 nitrogen and oxygen atoms in total. The quantitative estimate of drug-likeness (QED) is 0.208. The second-order valence-corrected chi connectivity index (χ2v) is 16.3. The lowest BCUT2D eigenvalue weighted by Gasteiger charge is -2.37. The van der Waals surface area contributed by atoms with Crippen LogP contribution in [0.1, 0.15) is 123 Å². The fourth-order valence-corrected chi connectivity index (χ4v) is 7.57. The van der Waals surface area contributed by atoms with Gasteiger partial charge in [0.05, 0.1) is 11.0 Å². The van der Waals surface area contributed by atoms with Gasteiger partial charge in [0.15, 0.2) is 0 Å². The van der Waals surface area contributed by atoms with Crippen molar-refractivity contribution in [3.8, 4) is 0 Å². The van der Waals surface area contributed by atoms with Gasteiger partial charge in [0.1, 0.15) is 17.5 Å². The van der Waals surface area contributed by atoms with Crippen LogP contribution in [0.3, 0.4) is 0 Å². The molecule has 4 rings (SSSR count). The van der Waals surface area contributed by atoms with E-state index in [2.05, 4.69) is 10.6 Å². The van der Waals surface area contributed by atoms with E-state index in [0.717, 1.165) is 51.0 Å². The summed E-state index contributed by atoms with van der Waals surface area (Å²) >= 11 is 0. The smallest absolute Gasteiger partial charge is 0.407 e. The summed E-state index contributed by atoms with van der Waals surface area (Å²) in [6.45, 7) is 12.3. The van der Waals surface area contributed by atoms with E-state index in [4.69, 9.17) is 14.2 Å². The molecule has 1 aromatic rings. The maximum atomic E-state index is 15.1. The molecule has 50 heavy (non-hydrogen) atoms. The standard InChI is InChI=1S/C38H56FN3O8/c1-23(40-36(47)50-38(5,6)7)24-13-15-26(16-14-24)33(44)42-20-19-28(25-11-9-8-10-12-25)31(42)32(43)41-27-17-18-29(30(39)21-27)34(45)48-22-49-35(46)37(2,3)4/h17-18,21,23-26,28,31H,8-16,19-20,22H2,1-7H3,(H,40,47)(H,41,43)/t23?,24?,26?,28-,31-/m0/s1. The first kappa shape index (κ1) is 39.1. The van der Waals surface area contributed by atoms with Gasteiger partial charge < -0.3 is 29.7 Å². The summed E-state index contributed by atoms with van der Waals surface area (Å²) in [6, 6.07) is 2.91. The molecule has 2 N–H and O–H groups in total. The van der Waals surface area contributed by atoms with Crippen LogP contribution in [0, 0.1) is 34.9 Å². The zero-order valence-electron chi connectivity index (χ0n) is 30.8. The summed E-state index contributed by atoms with van der Waals surface area (Å²) in [4.78, 5) is 66.5. The van der Waals surface area contributed by atoms with Gasteiger partial charge in [0.25, 0.3) is 0 Å². The minimum Gasteiger partial charge on any atom is -0.444 e. The number of nitrogens with zero attached hydrogens (tertiary/aromatic N) is 1. The Balaban J connectivity index is 1.40. The lowest BCUT2D eigenvalue weighted by Crippen LogP contribution is -2.50. The monoisotopic (exact) mass is 701 g/mol. The molecule has 12 heteroatoms. The second kappa shape index (κ2) is 16.5. The number of carbonyl (C=O) groups is 5. The average molecular weight is 702 g/mol. The first-order chi connectivity index (χ1) is 23.4. The Morgan fingerprint density at radius 1 is 0.900 bits per heavy atom. The normalized spacial score (nSPS) is 23.8. The fourth-order valence-electron chi connectivity index (χ4n) is 7.57. The lowest BCUT2D eigenvalue weighted by atomic mass is 9.76. The summed E-state index contributed by atoms with van der Waals surface area (Å²) in [5.74, 6) is -2.52. The maximum Gasteiger partial charge on any atom is 0.407 e. The van der Waals surface area contributed by atoms with Crippen molar-refractivity contribution in [3.05, 3.63) is 29.6 Å². The molecule has 1 unspecified atom stereocenters. The molecule has 278 valence electrons. The average Bonchev–Trinajstić information content (AvgIpc) is 3.49. The van der Waals surface area contributed by atoms with E-state index in [9.17, 15) is 24.0 Å². The number of likely N-dealkylation sites (tertiary alicyclic amines) is 1. The van der Waals surface area contributed by atoms with Crippen molar-refractivity contribution < 1.29 is 42.6 Å². The van der Waals surface area contributed by atoms with E-state index in [1.165, 1.54) is 18.6 Å². The predicted octanol–water partition coefficient (Wildman–Crippen LogP) is 6.98. The van der Waals surface area contributed by atoms with E-state index in [1.54, 1.807) is 25.7 Å². The van der Waals surface area contributed by atoms with Gasteiger partial charge in [-0.1, -0.05) is 32.1 Å². The van der Waals surface area contributed by atoms with Gasteiger partial charge in [0, 0.05) is 24.2 Å². The number of ether oxygens (including phenoxy) is 3. The molecule has 3 atom stereocenters. The van der Waals surface area contributed by atoms with Crippen molar-refractivity contribution in [1.82, 2.24) is 10.2 Å². The Morgan fingerprint density at radius 2 is 1.56 bits per heavy atom. The van der Waals surface area contributed by atoms with Gasteiger partial charge in [-0.2, -0.15) is 0 Å². The summed E-state index contributed by atoms with van der Waals surface area (Å²) in [7, 11) is 0. The Hall–Kier alpha value is -3.70. The number of hydrogen-bond acceptors (Lipinski definition) is 8. The number of esters is 2. The molecular weight excluding hydrogens is 645 g/mol. The molecule has 3 amide bonds. The molecule has 0 spiro atoms. The van der Waals surface area contributed by atoms with Gasteiger partial charge in [-0.25, -0.2) is 14.0 Å². The van der Waals surface area contributed by atoms with Crippen LogP contribution in [0.15, 0.2) is 18.2 Å². The molecule has 2 aliphatic carbocycles. The third-order valence-electron chi connectivity index (χ3n) is 10.3. The number of amides is 3.